The third-order valence-electron chi connectivity index (χ3n) is 4.02. The van der Waals surface area contributed by atoms with Gasteiger partial charge in [0.25, 0.3) is 0 Å². The molecule has 3 rings (SSSR count). The van der Waals surface area contributed by atoms with Gasteiger partial charge >= 0.3 is 0 Å². The first-order chi connectivity index (χ1) is 9.60. The molecule has 1 N–H and O–H groups in total. The first kappa shape index (κ1) is 13.6. The molecule has 5 heteroatoms. The smallest absolute Gasteiger partial charge is 0.160 e. The first-order valence-corrected chi connectivity index (χ1v) is 7.85. The molecule has 108 valence electrons. The monoisotopic (exact) mass is 292 g/mol. The number of phenolic OH excluding ortho intramolecular Hbond substituents is 1. The molecule has 0 aliphatic carbocycles. The molecule has 2 heterocycles. The Balaban J connectivity index is 1.92. The van der Waals surface area contributed by atoms with Crippen molar-refractivity contribution < 1.29 is 9.84 Å². The fourth-order valence-electron chi connectivity index (χ4n) is 2.88. The molecule has 2 aliphatic rings. The zero-order chi connectivity index (χ0) is 14.3. The number of nitrogens with zero attached hydrogens (tertiary/aromatic N) is 2. The van der Waals surface area contributed by atoms with Crippen LogP contribution >= 0.6 is 11.8 Å². The van der Waals surface area contributed by atoms with Crippen LogP contribution in [0.2, 0.25) is 0 Å². The molecule has 0 bridgehead atoms. The highest BCUT2D eigenvalue weighted by Gasteiger charge is 2.30. The number of phenols is 1. The molecule has 0 aromatic heterocycles. The van der Waals surface area contributed by atoms with E-state index in [1.54, 1.807) is 7.11 Å². The van der Waals surface area contributed by atoms with Crippen molar-refractivity contribution in [3.05, 3.63) is 23.3 Å². The Morgan fingerprint density at radius 2 is 2.20 bits per heavy atom. The number of aromatic hydroxyl groups is 1. The number of benzene rings is 1. The lowest BCUT2D eigenvalue weighted by Gasteiger charge is -2.36. The number of hydrogen-bond acceptors (Lipinski definition) is 5. The Bertz CT molecular complexity index is 559. The minimum atomic E-state index is 0.230. The summed E-state index contributed by atoms with van der Waals surface area (Å²) < 4.78 is 5.23. The number of rotatable bonds is 1. The van der Waals surface area contributed by atoms with E-state index < -0.39 is 0 Å². The second kappa shape index (κ2) is 5.20. The van der Waals surface area contributed by atoms with Crippen molar-refractivity contribution in [2.75, 3.05) is 20.2 Å². The summed E-state index contributed by atoms with van der Waals surface area (Å²) in [4.78, 5) is 7.02. The zero-order valence-electron chi connectivity index (χ0n) is 12.1. The maximum Gasteiger partial charge on any atom is 0.160 e. The Morgan fingerprint density at radius 3 is 2.85 bits per heavy atom. The van der Waals surface area contributed by atoms with Crippen molar-refractivity contribution in [3.63, 3.8) is 0 Å². The van der Waals surface area contributed by atoms with Crippen LogP contribution in [-0.4, -0.2) is 40.6 Å². The van der Waals surface area contributed by atoms with Gasteiger partial charge in [0.1, 0.15) is 0 Å². The van der Waals surface area contributed by atoms with Gasteiger partial charge in [-0.3, -0.25) is 4.99 Å². The summed E-state index contributed by atoms with van der Waals surface area (Å²) in [6.07, 6.45) is 0.936. The molecule has 0 fully saturated rings. The second-order valence-electron chi connectivity index (χ2n) is 5.39. The van der Waals surface area contributed by atoms with Gasteiger partial charge in [-0.15, -0.1) is 0 Å². The summed E-state index contributed by atoms with van der Waals surface area (Å²) in [5.74, 6) is 0.778. The third-order valence-corrected chi connectivity index (χ3v) is 5.14. The third kappa shape index (κ3) is 2.24. The van der Waals surface area contributed by atoms with Crippen LogP contribution in [0.1, 0.15) is 31.0 Å². The number of hydrogen-bond donors (Lipinski definition) is 1. The molecule has 2 atom stereocenters. The van der Waals surface area contributed by atoms with Gasteiger partial charge in [-0.25, -0.2) is 0 Å². The lowest BCUT2D eigenvalue weighted by atomic mass is 9.93. The van der Waals surface area contributed by atoms with E-state index in [1.807, 2.05) is 23.9 Å². The largest absolute Gasteiger partial charge is 0.504 e. The zero-order valence-corrected chi connectivity index (χ0v) is 12.9. The Labute approximate surface area is 123 Å². The van der Waals surface area contributed by atoms with E-state index in [0.717, 1.165) is 24.7 Å². The molecule has 0 radical (unpaired) electrons. The summed E-state index contributed by atoms with van der Waals surface area (Å²) in [6.45, 7) is 6.28. The first-order valence-electron chi connectivity index (χ1n) is 6.97. The van der Waals surface area contributed by atoms with Crippen molar-refractivity contribution >= 4 is 16.9 Å². The van der Waals surface area contributed by atoms with Gasteiger partial charge in [-0.2, -0.15) is 0 Å². The number of ether oxygens (including phenoxy) is 1. The summed E-state index contributed by atoms with van der Waals surface area (Å²) in [5.41, 5.74) is 2.44. The second-order valence-corrected chi connectivity index (χ2v) is 6.80. The van der Waals surface area contributed by atoms with Crippen LogP contribution in [0.3, 0.4) is 0 Å². The average molecular weight is 292 g/mol. The molecular formula is C15H20N2O2S. The highest BCUT2D eigenvalue weighted by Crippen LogP contribution is 2.39. The number of aliphatic imine (C=N–C) groups is 1. The number of amidine groups is 1. The predicted octanol–water partition coefficient (Wildman–Crippen LogP) is 2.81. The van der Waals surface area contributed by atoms with Crippen molar-refractivity contribution in [1.82, 2.24) is 4.90 Å². The molecule has 1 aromatic rings. The van der Waals surface area contributed by atoms with E-state index in [0.29, 0.717) is 11.0 Å². The molecule has 20 heavy (non-hydrogen) atoms. The minimum absolute atomic E-state index is 0.230. The van der Waals surface area contributed by atoms with E-state index in [9.17, 15) is 5.11 Å². The van der Waals surface area contributed by atoms with E-state index in [2.05, 4.69) is 23.7 Å². The fourth-order valence-corrected chi connectivity index (χ4v) is 3.92. The van der Waals surface area contributed by atoms with Crippen LogP contribution < -0.4 is 4.74 Å². The topological polar surface area (TPSA) is 45.1 Å². The Hall–Kier alpha value is -1.36. The average Bonchev–Trinajstić information content (AvgIpc) is 2.85. The molecule has 0 saturated carbocycles. The molecule has 0 saturated heterocycles. The van der Waals surface area contributed by atoms with Crippen LogP contribution in [-0.2, 0) is 6.42 Å². The number of methoxy groups -OCH3 is 1. The highest BCUT2D eigenvalue weighted by atomic mass is 32.2. The molecule has 0 amide bonds. The minimum Gasteiger partial charge on any atom is -0.504 e. The lowest BCUT2D eigenvalue weighted by Crippen LogP contribution is -2.37. The van der Waals surface area contributed by atoms with E-state index >= 15 is 0 Å². The fraction of sp³-hybridized carbons (Fsp3) is 0.533. The summed E-state index contributed by atoms with van der Waals surface area (Å²) in [5, 5.41) is 11.6. The quantitative estimate of drug-likeness (QED) is 0.864. The maximum atomic E-state index is 9.90. The van der Waals surface area contributed by atoms with Crippen molar-refractivity contribution in [2.45, 2.75) is 31.6 Å². The molecule has 1 aromatic carbocycles. The molecular weight excluding hydrogens is 272 g/mol. The SMILES string of the molecule is COc1cc2c(cc1O)CCN(C1=NC[C@@H](C)S1)[C@H]2C. The maximum absolute atomic E-state index is 9.90. The van der Waals surface area contributed by atoms with Crippen molar-refractivity contribution in [3.8, 4) is 11.5 Å². The van der Waals surface area contributed by atoms with Gasteiger partial charge < -0.3 is 14.7 Å². The van der Waals surface area contributed by atoms with Gasteiger partial charge in [0.2, 0.25) is 0 Å². The van der Waals surface area contributed by atoms with Crippen LogP contribution in [0.4, 0.5) is 0 Å². The van der Waals surface area contributed by atoms with Crippen LogP contribution in [0.15, 0.2) is 17.1 Å². The number of fused-ring (bicyclic) bond motifs is 1. The Kier molecular flexibility index (Phi) is 3.54. The van der Waals surface area contributed by atoms with Gasteiger partial charge in [0.15, 0.2) is 16.7 Å². The Morgan fingerprint density at radius 1 is 1.40 bits per heavy atom. The summed E-state index contributed by atoms with van der Waals surface area (Å²) in [7, 11) is 1.59. The standard InChI is InChI=1S/C15H20N2O2S/c1-9-8-16-15(20-9)17-5-4-11-6-13(18)14(19-3)7-12(11)10(17)2/h6-7,9-10,18H,4-5,8H2,1-3H3/t9-,10+/m1/s1. The molecule has 0 unspecified atom stereocenters. The normalized spacial score (nSPS) is 25.4. The molecule has 4 nitrogen and oxygen atoms in total. The van der Waals surface area contributed by atoms with E-state index in [1.165, 1.54) is 11.1 Å². The number of thioether (sulfide) groups is 1. The van der Waals surface area contributed by atoms with Gasteiger partial charge in [-0.1, -0.05) is 18.7 Å². The van der Waals surface area contributed by atoms with Gasteiger partial charge in [0, 0.05) is 11.8 Å². The predicted molar refractivity (Wildman–Crippen MR) is 82.8 cm³/mol. The summed E-state index contributed by atoms with van der Waals surface area (Å²) >= 11 is 1.86. The van der Waals surface area contributed by atoms with Crippen molar-refractivity contribution in [2.24, 2.45) is 4.99 Å². The highest BCUT2D eigenvalue weighted by molar-refractivity contribution is 8.14. The van der Waals surface area contributed by atoms with Gasteiger partial charge in [-0.05, 0) is 36.6 Å². The van der Waals surface area contributed by atoms with Crippen LogP contribution in [0, 0.1) is 0 Å². The molecule has 0 spiro atoms. The molecule has 2 aliphatic heterocycles. The van der Waals surface area contributed by atoms with Gasteiger partial charge in [0.05, 0.1) is 19.7 Å². The van der Waals surface area contributed by atoms with Crippen LogP contribution in [0.25, 0.3) is 0 Å². The van der Waals surface area contributed by atoms with Crippen LogP contribution in [0.5, 0.6) is 11.5 Å². The summed E-state index contributed by atoms with van der Waals surface area (Å²) in [6, 6.07) is 4.07. The van der Waals surface area contributed by atoms with E-state index in [4.69, 9.17) is 4.74 Å². The van der Waals surface area contributed by atoms with Crippen molar-refractivity contribution in [1.29, 1.82) is 0 Å². The van der Waals surface area contributed by atoms with E-state index in [-0.39, 0.29) is 11.8 Å². The lowest BCUT2D eigenvalue weighted by molar-refractivity contribution is 0.319.